The number of methoxy groups -OCH3 is 1. The summed E-state index contributed by atoms with van der Waals surface area (Å²) in [6.45, 7) is 4.39. The molecule has 6 heteroatoms. The van der Waals surface area contributed by atoms with Gasteiger partial charge < -0.3 is 20.1 Å². The summed E-state index contributed by atoms with van der Waals surface area (Å²) in [7, 11) is 1.64. The lowest BCUT2D eigenvalue weighted by molar-refractivity contribution is 0.284. The summed E-state index contributed by atoms with van der Waals surface area (Å²) in [5, 5.41) is 6.95. The van der Waals surface area contributed by atoms with Crippen LogP contribution in [0.2, 0.25) is 0 Å². The Morgan fingerprint density at radius 3 is 2.59 bits per heavy atom. The first kappa shape index (κ1) is 20.1. The molecule has 2 N–H and O–H groups in total. The minimum Gasteiger partial charge on any atom is -0.493 e. The molecule has 1 aliphatic heterocycles. The van der Waals surface area contributed by atoms with Crippen LogP contribution in [0.25, 0.3) is 0 Å². The van der Waals surface area contributed by atoms with Gasteiger partial charge in [0, 0.05) is 11.0 Å². The Labute approximate surface area is 168 Å². The zero-order valence-electron chi connectivity index (χ0n) is 15.6. The van der Waals surface area contributed by atoms with E-state index in [1.165, 1.54) is 25.0 Å². The fraction of sp³-hybridized carbons (Fsp3) is 0.429. The van der Waals surface area contributed by atoms with Crippen molar-refractivity contribution in [3.63, 3.8) is 0 Å². The topological polar surface area (TPSA) is 42.5 Å². The van der Waals surface area contributed by atoms with Crippen LogP contribution in [0.1, 0.15) is 24.0 Å². The number of rotatable bonds is 8. The molecular formula is C21H26BrFN2O2. The lowest BCUT2D eigenvalue weighted by atomic mass is 9.98. The maximum absolute atomic E-state index is 13.0. The van der Waals surface area contributed by atoms with Gasteiger partial charge in [-0.15, -0.1) is 0 Å². The van der Waals surface area contributed by atoms with Crippen LogP contribution in [0.3, 0.4) is 0 Å². The van der Waals surface area contributed by atoms with Crippen molar-refractivity contribution in [2.75, 3.05) is 26.7 Å². The van der Waals surface area contributed by atoms with Gasteiger partial charge in [0.2, 0.25) is 0 Å². The summed E-state index contributed by atoms with van der Waals surface area (Å²) in [6.07, 6.45) is 2.46. The molecule has 2 aromatic carbocycles. The molecule has 27 heavy (non-hydrogen) atoms. The number of halogens is 2. The van der Waals surface area contributed by atoms with Crippen molar-refractivity contribution in [1.29, 1.82) is 0 Å². The van der Waals surface area contributed by atoms with Crippen molar-refractivity contribution < 1.29 is 13.9 Å². The lowest BCUT2D eigenvalue weighted by Crippen LogP contribution is -2.33. The number of nitrogens with one attached hydrogen (secondary N) is 2. The van der Waals surface area contributed by atoms with Crippen LogP contribution < -0.4 is 20.1 Å². The predicted molar refractivity (Wildman–Crippen MR) is 109 cm³/mol. The van der Waals surface area contributed by atoms with E-state index >= 15 is 0 Å². The third-order valence-electron chi connectivity index (χ3n) is 4.85. The Hall–Kier alpha value is -1.63. The highest BCUT2D eigenvalue weighted by Gasteiger charge is 2.14. The second-order valence-electron chi connectivity index (χ2n) is 6.83. The molecule has 1 heterocycles. The highest BCUT2D eigenvalue weighted by Crippen LogP contribution is 2.34. The zero-order chi connectivity index (χ0) is 19.1. The molecule has 0 spiro atoms. The first-order chi connectivity index (χ1) is 13.2. The first-order valence-electron chi connectivity index (χ1n) is 9.31. The largest absolute Gasteiger partial charge is 0.493 e. The SMILES string of the molecule is COc1cc(CNCC2CCNCC2)c(Br)cc1OCc1ccc(F)cc1. The van der Waals surface area contributed by atoms with Gasteiger partial charge in [-0.2, -0.15) is 0 Å². The van der Waals surface area contributed by atoms with Gasteiger partial charge in [-0.1, -0.05) is 28.1 Å². The summed E-state index contributed by atoms with van der Waals surface area (Å²) in [4.78, 5) is 0. The molecule has 1 saturated heterocycles. The van der Waals surface area contributed by atoms with E-state index in [0.717, 1.165) is 47.7 Å². The maximum atomic E-state index is 13.0. The second kappa shape index (κ2) is 10.1. The van der Waals surface area contributed by atoms with Crippen molar-refractivity contribution >= 4 is 15.9 Å². The Morgan fingerprint density at radius 1 is 1.15 bits per heavy atom. The number of ether oxygens (including phenoxy) is 2. The first-order valence-corrected chi connectivity index (χ1v) is 10.1. The summed E-state index contributed by atoms with van der Waals surface area (Å²) in [5.41, 5.74) is 2.04. The molecule has 0 aliphatic carbocycles. The number of hydrogen-bond acceptors (Lipinski definition) is 4. The minimum atomic E-state index is -0.250. The van der Waals surface area contributed by atoms with Gasteiger partial charge >= 0.3 is 0 Å². The number of benzene rings is 2. The summed E-state index contributed by atoms with van der Waals surface area (Å²) >= 11 is 3.64. The number of piperidine rings is 1. The Morgan fingerprint density at radius 2 is 1.89 bits per heavy atom. The maximum Gasteiger partial charge on any atom is 0.162 e. The number of hydrogen-bond donors (Lipinski definition) is 2. The van der Waals surface area contributed by atoms with Crippen molar-refractivity contribution in [1.82, 2.24) is 10.6 Å². The van der Waals surface area contributed by atoms with Crippen LogP contribution >= 0.6 is 15.9 Å². The van der Waals surface area contributed by atoms with Crippen LogP contribution in [0.4, 0.5) is 4.39 Å². The summed E-state index contributed by atoms with van der Waals surface area (Å²) < 4.78 is 25.4. The van der Waals surface area contributed by atoms with E-state index in [0.29, 0.717) is 18.1 Å². The average Bonchev–Trinajstić information content (AvgIpc) is 2.69. The van der Waals surface area contributed by atoms with Gasteiger partial charge in [-0.3, -0.25) is 0 Å². The molecule has 0 unspecified atom stereocenters. The third-order valence-corrected chi connectivity index (χ3v) is 5.59. The van der Waals surface area contributed by atoms with Gasteiger partial charge in [0.15, 0.2) is 11.5 Å². The van der Waals surface area contributed by atoms with Gasteiger partial charge in [0.1, 0.15) is 12.4 Å². The normalized spacial score (nSPS) is 14.9. The van der Waals surface area contributed by atoms with E-state index in [4.69, 9.17) is 9.47 Å². The zero-order valence-corrected chi connectivity index (χ0v) is 17.1. The van der Waals surface area contributed by atoms with Crippen LogP contribution in [-0.4, -0.2) is 26.7 Å². The van der Waals surface area contributed by atoms with Crippen molar-refractivity contribution in [2.45, 2.75) is 26.0 Å². The van der Waals surface area contributed by atoms with Crippen LogP contribution in [0.5, 0.6) is 11.5 Å². The van der Waals surface area contributed by atoms with Gasteiger partial charge in [-0.25, -0.2) is 4.39 Å². The fourth-order valence-corrected chi connectivity index (χ4v) is 3.69. The van der Waals surface area contributed by atoms with Crippen molar-refractivity contribution in [2.24, 2.45) is 5.92 Å². The van der Waals surface area contributed by atoms with E-state index in [2.05, 4.69) is 26.6 Å². The van der Waals surface area contributed by atoms with Crippen LogP contribution in [0.15, 0.2) is 40.9 Å². The Bertz CT molecular complexity index is 734. The molecule has 0 aromatic heterocycles. The fourth-order valence-electron chi connectivity index (χ4n) is 3.22. The van der Waals surface area contributed by atoms with Crippen LogP contribution in [-0.2, 0) is 13.2 Å². The molecule has 2 aromatic rings. The molecule has 0 radical (unpaired) electrons. The standard InChI is InChI=1S/C21H26BrFN2O2/c1-26-20-10-17(13-25-12-15-6-8-24-9-7-15)19(22)11-21(20)27-14-16-2-4-18(23)5-3-16/h2-5,10-11,15,24-25H,6-9,12-14H2,1H3. The molecule has 1 aliphatic rings. The van der Waals surface area contributed by atoms with Crippen molar-refractivity contribution in [3.05, 3.63) is 57.8 Å². The van der Waals surface area contributed by atoms with E-state index < -0.39 is 0 Å². The molecule has 3 rings (SSSR count). The monoisotopic (exact) mass is 436 g/mol. The molecule has 4 nitrogen and oxygen atoms in total. The summed E-state index contributed by atoms with van der Waals surface area (Å²) in [6, 6.07) is 10.2. The summed E-state index contributed by atoms with van der Waals surface area (Å²) in [5.74, 6) is 1.85. The predicted octanol–water partition coefficient (Wildman–Crippen LogP) is 4.27. The highest BCUT2D eigenvalue weighted by atomic mass is 79.9. The molecule has 1 fully saturated rings. The van der Waals surface area contributed by atoms with Gasteiger partial charge in [0.05, 0.1) is 7.11 Å². The van der Waals surface area contributed by atoms with E-state index in [-0.39, 0.29) is 5.82 Å². The average molecular weight is 437 g/mol. The quantitative estimate of drug-likeness (QED) is 0.648. The van der Waals surface area contributed by atoms with E-state index in [1.54, 1.807) is 19.2 Å². The van der Waals surface area contributed by atoms with Crippen molar-refractivity contribution in [3.8, 4) is 11.5 Å². The van der Waals surface area contributed by atoms with Gasteiger partial charge in [0.25, 0.3) is 0 Å². The molecular weight excluding hydrogens is 411 g/mol. The molecule has 0 amide bonds. The minimum absolute atomic E-state index is 0.250. The lowest BCUT2D eigenvalue weighted by Gasteiger charge is -2.23. The molecule has 0 atom stereocenters. The Kier molecular flexibility index (Phi) is 7.50. The smallest absolute Gasteiger partial charge is 0.162 e. The van der Waals surface area contributed by atoms with Crippen LogP contribution in [0, 0.1) is 11.7 Å². The highest BCUT2D eigenvalue weighted by molar-refractivity contribution is 9.10. The van der Waals surface area contributed by atoms with E-state index in [9.17, 15) is 4.39 Å². The third kappa shape index (κ3) is 5.92. The molecule has 0 bridgehead atoms. The van der Waals surface area contributed by atoms with Gasteiger partial charge in [-0.05, 0) is 73.8 Å². The molecule has 146 valence electrons. The Balaban J connectivity index is 1.59. The second-order valence-corrected chi connectivity index (χ2v) is 7.69. The molecule has 0 saturated carbocycles. The van der Waals surface area contributed by atoms with E-state index in [1.807, 2.05) is 12.1 Å².